The summed E-state index contributed by atoms with van der Waals surface area (Å²) in [6.07, 6.45) is 2.62. The lowest BCUT2D eigenvalue weighted by atomic mass is 10.3. The zero-order chi connectivity index (χ0) is 10.1. The zero-order valence-electron chi connectivity index (χ0n) is 8.72. The Morgan fingerprint density at radius 2 is 2.23 bits per heavy atom. The number of hydrogen-bond donors (Lipinski definition) is 2. The number of rotatable bonds is 7. The molecule has 0 fully saturated rings. The highest BCUT2D eigenvalue weighted by Gasteiger charge is 2.05. The number of carbonyl (C=O) groups is 1. The first-order valence-corrected chi connectivity index (χ1v) is 6.09. The van der Waals surface area contributed by atoms with Gasteiger partial charge < -0.3 is 10.6 Å². The maximum Gasteiger partial charge on any atom is 0.221 e. The van der Waals surface area contributed by atoms with Crippen molar-refractivity contribution in [1.82, 2.24) is 10.6 Å². The highest BCUT2D eigenvalue weighted by molar-refractivity contribution is 7.98. The molecule has 0 aromatic rings. The normalized spacial score (nSPS) is 12.5. The molecule has 0 aliphatic heterocycles. The lowest BCUT2D eigenvalue weighted by molar-refractivity contribution is -0.121. The van der Waals surface area contributed by atoms with Crippen molar-refractivity contribution < 1.29 is 4.79 Å². The maximum atomic E-state index is 11.2. The molecule has 0 spiro atoms. The Morgan fingerprint density at radius 3 is 2.77 bits per heavy atom. The average molecular weight is 204 g/mol. The molecule has 0 aliphatic rings. The van der Waals surface area contributed by atoms with Crippen LogP contribution in [0.3, 0.4) is 0 Å². The third-order valence-electron chi connectivity index (χ3n) is 1.60. The summed E-state index contributed by atoms with van der Waals surface area (Å²) < 4.78 is 0. The van der Waals surface area contributed by atoms with Crippen LogP contribution in [0.15, 0.2) is 0 Å². The summed E-state index contributed by atoms with van der Waals surface area (Å²) in [7, 11) is 0. The van der Waals surface area contributed by atoms with Gasteiger partial charge in [0.25, 0.3) is 0 Å². The van der Waals surface area contributed by atoms with Crippen molar-refractivity contribution in [2.24, 2.45) is 0 Å². The van der Waals surface area contributed by atoms with Crippen LogP contribution in [0.1, 0.15) is 20.3 Å². The van der Waals surface area contributed by atoms with Crippen LogP contribution < -0.4 is 10.6 Å². The Kier molecular flexibility index (Phi) is 8.24. The van der Waals surface area contributed by atoms with Gasteiger partial charge in [-0.15, -0.1) is 0 Å². The number of thioether (sulfide) groups is 1. The molecule has 0 saturated heterocycles. The van der Waals surface area contributed by atoms with Crippen molar-refractivity contribution in [2.45, 2.75) is 26.3 Å². The fourth-order valence-electron chi connectivity index (χ4n) is 1.02. The molecular formula is C9H20N2OS. The molecule has 4 heteroatoms. The van der Waals surface area contributed by atoms with E-state index >= 15 is 0 Å². The lowest BCUT2D eigenvalue weighted by Gasteiger charge is -2.12. The molecule has 0 aromatic carbocycles. The topological polar surface area (TPSA) is 41.1 Å². The summed E-state index contributed by atoms with van der Waals surface area (Å²) in [5.41, 5.74) is 0. The van der Waals surface area contributed by atoms with Crippen LogP contribution >= 0.6 is 11.8 Å². The van der Waals surface area contributed by atoms with E-state index in [2.05, 4.69) is 10.6 Å². The van der Waals surface area contributed by atoms with Crippen molar-refractivity contribution in [1.29, 1.82) is 0 Å². The second-order valence-corrected chi connectivity index (χ2v) is 3.94. The predicted octanol–water partition coefficient (Wildman–Crippen LogP) is 0.854. The molecule has 13 heavy (non-hydrogen) atoms. The molecule has 1 amide bonds. The average Bonchev–Trinajstić information content (AvgIpc) is 2.05. The van der Waals surface area contributed by atoms with Gasteiger partial charge in [-0.1, -0.05) is 6.92 Å². The minimum absolute atomic E-state index is 0.141. The molecule has 2 N–H and O–H groups in total. The van der Waals surface area contributed by atoms with Gasteiger partial charge in [0.2, 0.25) is 5.91 Å². The lowest BCUT2D eigenvalue weighted by Crippen LogP contribution is -2.35. The highest BCUT2D eigenvalue weighted by atomic mass is 32.2. The molecule has 0 rings (SSSR count). The third kappa shape index (κ3) is 8.12. The van der Waals surface area contributed by atoms with Crippen molar-refractivity contribution >= 4 is 17.7 Å². The molecule has 0 heterocycles. The number of amides is 1. The number of hydrogen-bond acceptors (Lipinski definition) is 3. The largest absolute Gasteiger partial charge is 0.353 e. The second-order valence-electron chi connectivity index (χ2n) is 3.03. The summed E-state index contributed by atoms with van der Waals surface area (Å²) in [6, 6.07) is 0.282. The van der Waals surface area contributed by atoms with E-state index < -0.39 is 0 Å². The molecule has 0 aliphatic carbocycles. The third-order valence-corrected chi connectivity index (χ3v) is 2.44. The van der Waals surface area contributed by atoms with E-state index in [0.717, 1.165) is 18.8 Å². The van der Waals surface area contributed by atoms with Crippen LogP contribution in [0.2, 0.25) is 0 Å². The van der Waals surface area contributed by atoms with Gasteiger partial charge in [-0.05, 0) is 19.7 Å². The van der Waals surface area contributed by atoms with Crippen LogP contribution in [-0.2, 0) is 4.79 Å². The minimum atomic E-state index is 0.141. The van der Waals surface area contributed by atoms with Gasteiger partial charge in [0.1, 0.15) is 0 Å². The van der Waals surface area contributed by atoms with Crippen LogP contribution in [0, 0.1) is 0 Å². The summed E-state index contributed by atoms with van der Waals surface area (Å²) in [5, 5.41) is 6.06. The Bertz CT molecular complexity index is 142. The van der Waals surface area contributed by atoms with Gasteiger partial charge in [0.15, 0.2) is 0 Å². The van der Waals surface area contributed by atoms with Crippen molar-refractivity contribution in [2.75, 3.05) is 25.1 Å². The zero-order valence-corrected chi connectivity index (χ0v) is 9.54. The maximum absolute atomic E-state index is 11.2. The Labute approximate surface area is 85.0 Å². The minimum Gasteiger partial charge on any atom is -0.353 e. The van der Waals surface area contributed by atoms with E-state index in [0.29, 0.717) is 6.42 Å². The quantitative estimate of drug-likeness (QED) is 0.604. The van der Waals surface area contributed by atoms with E-state index in [1.807, 2.05) is 20.1 Å². The molecule has 0 bridgehead atoms. The predicted molar refractivity (Wildman–Crippen MR) is 59.1 cm³/mol. The molecule has 78 valence electrons. The van der Waals surface area contributed by atoms with Crippen LogP contribution in [0.25, 0.3) is 0 Å². The Hall–Kier alpha value is -0.220. The second kappa shape index (κ2) is 8.38. The summed E-state index contributed by atoms with van der Waals surface area (Å²) in [6.45, 7) is 5.76. The first-order valence-electron chi connectivity index (χ1n) is 4.69. The standard InChI is InChI=1S/C9H20N2OS/c1-4-10-6-5-9(12)11-8(2)7-13-3/h8,10H,4-7H2,1-3H3,(H,11,12). The van der Waals surface area contributed by atoms with E-state index in [1.54, 1.807) is 11.8 Å². The van der Waals surface area contributed by atoms with E-state index in [-0.39, 0.29) is 11.9 Å². The summed E-state index contributed by atoms with van der Waals surface area (Å²) in [5.74, 6) is 1.12. The molecule has 0 saturated carbocycles. The molecule has 1 atom stereocenters. The van der Waals surface area contributed by atoms with Crippen LogP contribution in [-0.4, -0.2) is 37.0 Å². The van der Waals surface area contributed by atoms with Crippen LogP contribution in [0.5, 0.6) is 0 Å². The van der Waals surface area contributed by atoms with E-state index in [9.17, 15) is 4.79 Å². The number of carbonyl (C=O) groups excluding carboxylic acids is 1. The molecule has 0 aromatic heterocycles. The van der Waals surface area contributed by atoms with Gasteiger partial charge in [-0.25, -0.2) is 0 Å². The van der Waals surface area contributed by atoms with Crippen molar-refractivity contribution in [3.8, 4) is 0 Å². The van der Waals surface area contributed by atoms with Gasteiger partial charge >= 0.3 is 0 Å². The highest BCUT2D eigenvalue weighted by Crippen LogP contribution is 1.95. The number of nitrogens with one attached hydrogen (secondary N) is 2. The fraction of sp³-hybridized carbons (Fsp3) is 0.889. The Balaban J connectivity index is 3.38. The van der Waals surface area contributed by atoms with Gasteiger partial charge in [0.05, 0.1) is 0 Å². The SMILES string of the molecule is CCNCCC(=O)NC(C)CSC. The monoisotopic (exact) mass is 204 g/mol. The van der Waals surface area contributed by atoms with E-state index in [1.165, 1.54) is 0 Å². The summed E-state index contributed by atoms with van der Waals surface area (Å²) >= 11 is 1.75. The molecule has 3 nitrogen and oxygen atoms in total. The van der Waals surface area contributed by atoms with E-state index in [4.69, 9.17) is 0 Å². The van der Waals surface area contributed by atoms with Gasteiger partial charge in [-0.2, -0.15) is 11.8 Å². The summed E-state index contributed by atoms with van der Waals surface area (Å²) in [4.78, 5) is 11.2. The smallest absolute Gasteiger partial charge is 0.221 e. The molecular weight excluding hydrogens is 184 g/mol. The fourth-order valence-corrected chi connectivity index (χ4v) is 1.60. The first kappa shape index (κ1) is 12.8. The van der Waals surface area contributed by atoms with Crippen molar-refractivity contribution in [3.05, 3.63) is 0 Å². The molecule has 0 radical (unpaired) electrons. The van der Waals surface area contributed by atoms with Gasteiger partial charge in [-0.3, -0.25) is 4.79 Å². The Morgan fingerprint density at radius 1 is 1.54 bits per heavy atom. The first-order chi connectivity index (χ1) is 6.20. The van der Waals surface area contributed by atoms with Gasteiger partial charge in [0, 0.05) is 24.8 Å². The van der Waals surface area contributed by atoms with Crippen molar-refractivity contribution in [3.63, 3.8) is 0 Å². The molecule has 1 unspecified atom stereocenters. The van der Waals surface area contributed by atoms with Crippen LogP contribution in [0.4, 0.5) is 0 Å².